The van der Waals surface area contributed by atoms with Crippen molar-refractivity contribution in [3.8, 4) is 0 Å². The molecule has 8 nitrogen and oxygen atoms in total. The van der Waals surface area contributed by atoms with Gasteiger partial charge in [-0.3, -0.25) is 4.79 Å². The zero-order valence-corrected chi connectivity index (χ0v) is 18.0. The van der Waals surface area contributed by atoms with Crippen LogP contribution in [0.5, 0.6) is 0 Å². The predicted molar refractivity (Wildman–Crippen MR) is 124 cm³/mol. The van der Waals surface area contributed by atoms with Crippen molar-refractivity contribution in [2.45, 2.75) is 6.04 Å². The normalized spacial score (nSPS) is 19.1. The van der Waals surface area contributed by atoms with Crippen LogP contribution in [0.15, 0.2) is 67.1 Å². The highest BCUT2D eigenvalue weighted by Crippen LogP contribution is 2.22. The van der Waals surface area contributed by atoms with Crippen LogP contribution in [0, 0.1) is 0 Å². The Morgan fingerprint density at radius 3 is 2.41 bits per heavy atom. The van der Waals surface area contributed by atoms with Crippen LogP contribution in [-0.2, 0) is 0 Å². The number of aromatic nitrogens is 3. The molecule has 1 N–H and O–H groups in total. The smallest absolute Gasteiger partial charge is 0.254 e. The SMILES string of the molecule is O=C(c1ccnc(N2CCNC(c3ccccc3)C2)c1)N1CCN(c2ncccn2)CC1. The second kappa shape index (κ2) is 9.32. The summed E-state index contributed by atoms with van der Waals surface area (Å²) in [6.07, 6.45) is 5.24. The molecule has 164 valence electrons. The number of hydrogen-bond donors (Lipinski definition) is 1. The average molecular weight is 430 g/mol. The van der Waals surface area contributed by atoms with Crippen molar-refractivity contribution in [3.05, 3.63) is 78.2 Å². The number of anilines is 2. The van der Waals surface area contributed by atoms with E-state index in [4.69, 9.17) is 0 Å². The summed E-state index contributed by atoms with van der Waals surface area (Å²) in [6, 6.07) is 16.3. The second-order valence-corrected chi connectivity index (χ2v) is 8.09. The molecule has 1 amide bonds. The van der Waals surface area contributed by atoms with E-state index in [1.807, 2.05) is 29.2 Å². The monoisotopic (exact) mass is 429 g/mol. The predicted octanol–water partition coefficient (Wildman–Crippen LogP) is 1.98. The first-order chi connectivity index (χ1) is 15.8. The van der Waals surface area contributed by atoms with Crippen LogP contribution in [0.1, 0.15) is 22.0 Å². The molecular weight excluding hydrogens is 402 g/mol. The summed E-state index contributed by atoms with van der Waals surface area (Å²) in [5.74, 6) is 1.63. The fourth-order valence-corrected chi connectivity index (χ4v) is 4.34. The van der Waals surface area contributed by atoms with E-state index in [-0.39, 0.29) is 11.9 Å². The third-order valence-electron chi connectivity index (χ3n) is 6.10. The molecular formula is C24H27N7O. The van der Waals surface area contributed by atoms with Gasteiger partial charge in [0.2, 0.25) is 5.95 Å². The number of piperazine rings is 2. The summed E-state index contributed by atoms with van der Waals surface area (Å²) < 4.78 is 0. The van der Waals surface area contributed by atoms with Gasteiger partial charge in [-0.1, -0.05) is 30.3 Å². The Morgan fingerprint density at radius 2 is 1.62 bits per heavy atom. The van der Waals surface area contributed by atoms with Crippen LogP contribution in [0.3, 0.4) is 0 Å². The minimum Gasteiger partial charge on any atom is -0.353 e. The molecule has 0 bridgehead atoms. The molecule has 1 unspecified atom stereocenters. The molecule has 2 fully saturated rings. The van der Waals surface area contributed by atoms with Crippen LogP contribution in [0.25, 0.3) is 0 Å². The lowest BCUT2D eigenvalue weighted by Crippen LogP contribution is -2.49. The number of nitrogens with zero attached hydrogens (tertiary/aromatic N) is 6. The van der Waals surface area contributed by atoms with Crippen molar-refractivity contribution < 1.29 is 4.79 Å². The Hall–Kier alpha value is -3.52. The summed E-state index contributed by atoms with van der Waals surface area (Å²) in [5, 5.41) is 3.58. The van der Waals surface area contributed by atoms with Gasteiger partial charge in [0.1, 0.15) is 5.82 Å². The zero-order valence-electron chi connectivity index (χ0n) is 18.0. The topological polar surface area (TPSA) is 77.5 Å². The first-order valence-electron chi connectivity index (χ1n) is 11.1. The van der Waals surface area contributed by atoms with Crippen LogP contribution in [0.2, 0.25) is 0 Å². The van der Waals surface area contributed by atoms with E-state index in [0.29, 0.717) is 18.7 Å². The number of hydrogen-bond acceptors (Lipinski definition) is 7. The Morgan fingerprint density at radius 1 is 0.844 bits per heavy atom. The molecule has 0 saturated carbocycles. The van der Waals surface area contributed by atoms with Crippen LogP contribution < -0.4 is 15.1 Å². The Kier molecular flexibility index (Phi) is 5.93. The largest absolute Gasteiger partial charge is 0.353 e. The molecule has 8 heteroatoms. The molecule has 32 heavy (non-hydrogen) atoms. The second-order valence-electron chi connectivity index (χ2n) is 8.09. The summed E-state index contributed by atoms with van der Waals surface area (Å²) in [5.41, 5.74) is 1.96. The van der Waals surface area contributed by atoms with Gasteiger partial charge < -0.3 is 20.0 Å². The standard InChI is InChI=1S/C24H27N7O/c32-23(29-13-15-30(16-14-29)24-27-8-4-9-28-24)20-7-10-26-22(17-20)31-12-11-25-21(18-31)19-5-2-1-3-6-19/h1-10,17,21,25H,11-16,18H2. The van der Waals surface area contributed by atoms with Gasteiger partial charge in [0.25, 0.3) is 5.91 Å². The number of nitrogens with one attached hydrogen (secondary N) is 1. The molecule has 3 aromatic rings. The summed E-state index contributed by atoms with van der Waals surface area (Å²) in [4.78, 5) is 32.7. The highest BCUT2D eigenvalue weighted by atomic mass is 16.2. The van der Waals surface area contributed by atoms with Gasteiger partial charge in [-0.2, -0.15) is 0 Å². The third kappa shape index (κ3) is 4.40. The number of benzene rings is 1. The summed E-state index contributed by atoms with van der Waals surface area (Å²) in [7, 11) is 0. The van der Waals surface area contributed by atoms with Gasteiger partial charge in [-0.25, -0.2) is 15.0 Å². The number of amides is 1. The number of pyridine rings is 1. The van der Waals surface area contributed by atoms with E-state index in [1.165, 1.54) is 5.56 Å². The molecule has 5 rings (SSSR count). The van der Waals surface area contributed by atoms with Crippen LogP contribution in [-0.4, -0.2) is 71.6 Å². The van der Waals surface area contributed by atoms with Gasteiger partial charge >= 0.3 is 0 Å². The Labute approximate surface area is 187 Å². The van der Waals surface area contributed by atoms with Crippen molar-refractivity contribution in [1.29, 1.82) is 0 Å². The lowest BCUT2D eigenvalue weighted by molar-refractivity contribution is 0.0746. The highest BCUT2D eigenvalue weighted by Gasteiger charge is 2.25. The molecule has 0 radical (unpaired) electrons. The van der Waals surface area contributed by atoms with Crippen LogP contribution in [0.4, 0.5) is 11.8 Å². The molecule has 1 atom stereocenters. The lowest BCUT2D eigenvalue weighted by atomic mass is 10.0. The quantitative estimate of drug-likeness (QED) is 0.680. The molecule has 2 aromatic heterocycles. The average Bonchev–Trinajstić information content (AvgIpc) is 2.89. The number of carbonyl (C=O) groups is 1. The van der Waals surface area contributed by atoms with E-state index in [9.17, 15) is 4.79 Å². The fourth-order valence-electron chi connectivity index (χ4n) is 4.34. The summed E-state index contributed by atoms with van der Waals surface area (Å²) >= 11 is 0. The molecule has 2 aliphatic rings. The number of carbonyl (C=O) groups excluding carboxylic acids is 1. The lowest BCUT2D eigenvalue weighted by Gasteiger charge is -2.36. The minimum atomic E-state index is 0.0528. The first-order valence-corrected chi connectivity index (χ1v) is 11.1. The summed E-state index contributed by atoms with van der Waals surface area (Å²) in [6.45, 7) is 5.32. The van der Waals surface area contributed by atoms with Crippen molar-refractivity contribution in [2.24, 2.45) is 0 Å². The van der Waals surface area contributed by atoms with E-state index in [2.05, 4.69) is 54.3 Å². The minimum absolute atomic E-state index is 0.0528. The van der Waals surface area contributed by atoms with E-state index in [1.54, 1.807) is 18.6 Å². The van der Waals surface area contributed by atoms with Gasteiger partial charge in [0, 0.05) is 76.0 Å². The molecule has 4 heterocycles. The van der Waals surface area contributed by atoms with Gasteiger partial charge in [0.15, 0.2) is 0 Å². The van der Waals surface area contributed by atoms with Gasteiger partial charge in [0.05, 0.1) is 0 Å². The van der Waals surface area contributed by atoms with Gasteiger partial charge in [-0.05, 0) is 23.8 Å². The molecule has 1 aromatic carbocycles. The molecule has 0 spiro atoms. The fraction of sp³-hybridized carbons (Fsp3) is 0.333. The van der Waals surface area contributed by atoms with Gasteiger partial charge in [-0.15, -0.1) is 0 Å². The maximum atomic E-state index is 13.2. The first kappa shape index (κ1) is 20.4. The maximum absolute atomic E-state index is 13.2. The molecule has 2 aliphatic heterocycles. The van der Waals surface area contributed by atoms with Crippen molar-refractivity contribution in [3.63, 3.8) is 0 Å². The van der Waals surface area contributed by atoms with Crippen LogP contribution >= 0.6 is 0 Å². The Balaban J connectivity index is 1.24. The highest BCUT2D eigenvalue weighted by molar-refractivity contribution is 5.95. The third-order valence-corrected chi connectivity index (χ3v) is 6.10. The maximum Gasteiger partial charge on any atom is 0.254 e. The number of rotatable bonds is 4. The van der Waals surface area contributed by atoms with E-state index < -0.39 is 0 Å². The Bertz CT molecular complexity index is 1040. The molecule has 0 aliphatic carbocycles. The van der Waals surface area contributed by atoms with Crippen molar-refractivity contribution >= 4 is 17.7 Å². The molecule has 2 saturated heterocycles. The van der Waals surface area contributed by atoms with Crippen molar-refractivity contribution in [2.75, 3.05) is 55.6 Å². The van der Waals surface area contributed by atoms with Crippen molar-refractivity contribution in [1.82, 2.24) is 25.2 Å². The zero-order chi connectivity index (χ0) is 21.8. The van der Waals surface area contributed by atoms with E-state index in [0.717, 1.165) is 44.5 Å². The van der Waals surface area contributed by atoms with E-state index >= 15 is 0 Å².